The fourth-order valence-electron chi connectivity index (χ4n) is 3.80. The van der Waals surface area contributed by atoms with Crippen LogP contribution in [0.5, 0.6) is 0 Å². The summed E-state index contributed by atoms with van der Waals surface area (Å²) in [7, 11) is -5.86. The van der Waals surface area contributed by atoms with Crippen molar-refractivity contribution in [2.75, 3.05) is 31.5 Å². The largest absolute Gasteiger partial charge is 0.337 e. The van der Waals surface area contributed by atoms with E-state index in [4.69, 9.17) is 0 Å². The van der Waals surface area contributed by atoms with Crippen molar-refractivity contribution < 1.29 is 21.6 Å². The number of rotatable bonds is 4. The van der Waals surface area contributed by atoms with Crippen LogP contribution >= 0.6 is 0 Å². The van der Waals surface area contributed by atoms with Crippen LogP contribution in [0, 0.1) is 6.92 Å². The summed E-state index contributed by atoms with van der Waals surface area (Å²) in [5.74, 6) is 0.501. The van der Waals surface area contributed by atoms with E-state index >= 15 is 0 Å². The molecule has 1 aromatic carbocycles. The number of hydrogen-bond donors (Lipinski definition) is 1. The molecule has 0 atom stereocenters. The van der Waals surface area contributed by atoms with Crippen molar-refractivity contribution in [1.29, 1.82) is 0 Å². The number of carbonyl (C=O) groups is 1. The minimum Gasteiger partial charge on any atom is -0.337 e. The average Bonchev–Trinajstić information content (AvgIpc) is 2.93. The van der Waals surface area contributed by atoms with E-state index in [0.29, 0.717) is 30.8 Å². The van der Waals surface area contributed by atoms with Crippen molar-refractivity contribution in [3.05, 3.63) is 35.8 Å². The molecule has 0 radical (unpaired) electrons. The molecule has 0 bridgehead atoms. The predicted molar refractivity (Wildman–Crippen MR) is 113 cm³/mol. The molecular weight excluding hydrogens is 442 g/mol. The number of anilines is 1. The lowest BCUT2D eigenvalue weighted by Crippen LogP contribution is -2.37. The molecule has 168 valence electrons. The molecule has 3 heterocycles. The molecule has 1 N–H and O–H groups in total. The maximum absolute atomic E-state index is 13.2. The summed E-state index contributed by atoms with van der Waals surface area (Å²) in [6.45, 7) is 2.28. The number of carbonyl (C=O) groups excluding carboxylic acids is 1. The topological polar surface area (TPSA) is 122 Å². The van der Waals surface area contributed by atoms with Crippen LogP contribution in [-0.4, -0.2) is 67.1 Å². The molecule has 1 fully saturated rings. The molecule has 2 aliphatic rings. The Hall–Kier alpha value is -2.28. The molecule has 31 heavy (non-hydrogen) atoms. The minimum absolute atomic E-state index is 0.0273. The van der Waals surface area contributed by atoms with Crippen LogP contribution in [0.3, 0.4) is 0 Å². The van der Waals surface area contributed by atoms with Gasteiger partial charge < -0.3 is 9.88 Å². The fourth-order valence-corrected chi connectivity index (χ4v) is 6.82. The zero-order chi connectivity index (χ0) is 22.4. The van der Waals surface area contributed by atoms with E-state index in [-0.39, 0.29) is 42.0 Å². The quantitative estimate of drug-likeness (QED) is 0.706. The molecule has 0 spiro atoms. The summed E-state index contributed by atoms with van der Waals surface area (Å²) in [6, 6.07) is 4.69. The molecule has 2 aromatic rings. The minimum atomic E-state index is -3.80. The van der Waals surface area contributed by atoms with E-state index < -0.39 is 20.0 Å². The van der Waals surface area contributed by atoms with Gasteiger partial charge in [0, 0.05) is 51.5 Å². The number of fused-ring (bicyclic) bond motifs is 1. The fraction of sp³-hybridized carbons (Fsp3) is 0.474. The van der Waals surface area contributed by atoms with E-state index in [1.807, 2.05) is 0 Å². The predicted octanol–water partition coefficient (Wildman–Crippen LogP) is 0.699. The summed E-state index contributed by atoms with van der Waals surface area (Å²) in [5.41, 5.74) is 1.42. The number of sulfonamides is 2. The number of nitrogens with one attached hydrogen (secondary N) is 1. The number of aryl methyl sites for hydroxylation is 3. The smallest absolute Gasteiger partial charge is 0.262 e. The van der Waals surface area contributed by atoms with E-state index in [1.165, 1.54) is 20.9 Å². The van der Waals surface area contributed by atoms with Crippen LogP contribution in [0.15, 0.2) is 34.3 Å². The van der Waals surface area contributed by atoms with Gasteiger partial charge in [-0.05, 0) is 43.5 Å². The van der Waals surface area contributed by atoms with Gasteiger partial charge in [-0.2, -0.15) is 8.61 Å². The first-order chi connectivity index (χ1) is 14.6. The Bertz CT molecular complexity index is 1220. The third-order valence-electron chi connectivity index (χ3n) is 5.71. The molecular formula is C19H25N5O5S2. The molecule has 2 aliphatic heterocycles. The second-order valence-electron chi connectivity index (χ2n) is 7.77. The highest BCUT2D eigenvalue weighted by molar-refractivity contribution is 7.89. The lowest BCUT2D eigenvalue weighted by atomic mass is 10.0. The molecule has 12 heteroatoms. The Labute approximate surface area is 182 Å². The first kappa shape index (κ1) is 21.9. The first-order valence-electron chi connectivity index (χ1n) is 10.0. The van der Waals surface area contributed by atoms with Crippen molar-refractivity contribution in [2.45, 2.75) is 36.1 Å². The summed E-state index contributed by atoms with van der Waals surface area (Å²) >= 11 is 0. The highest BCUT2D eigenvalue weighted by atomic mass is 32.2. The maximum atomic E-state index is 13.2. The Kier molecular flexibility index (Phi) is 5.66. The summed E-state index contributed by atoms with van der Waals surface area (Å²) in [6.07, 6.45) is 2.65. The number of aromatic nitrogens is 2. The Morgan fingerprint density at radius 1 is 0.968 bits per heavy atom. The van der Waals surface area contributed by atoms with Gasteiger partial charge in [0.2, 0.25) is 15.9 Å². The van der Waals surface area contributed by atoms with Gasteiger partial charge in [0.1, 0.15) is 5.82 Å². The van der Waals surface area contributed by atoms with Crippen molar-refractivity contribution in [3.63, 3.8) is 0 Å². The third kappa shape index (κ3) is 4.12. The van der Waals surface area contributed by atoms with Gasteiger partial charge in [0.15, 0.2) is 5.03 Å². The van der Waals surface area contributed by atoms with E-state index in [2.05, 4.69) is 10.3 Å². The summed E-state index contributed by atoms with van der Waals surface area (Å²) < 4.78 is 56.6. The third-order valence-corrected chi connectivity index (χ3v) is 9.38. The molecule has 1 saturated heterocycles. The Morgan fingerprint density at radius 2 is 1.65 bits per heavy atom. The molecule has 0 saturated carbocycles. The molecule has 4 rings (SSSR count). The van der Waals surface area contributed by atoms with Gasteiger partial charge in [-0.1, -0.05) is 0 Å². The number of benzene rings is 1. The second kappa shape index (κ2) is 8.01. The van der Waals surface area contributed by atoms with Crippen LogP contribution in [-0.2, 0) is 38.3 Å². The van der Waals surface area contributed by atoms with Crippen molar-refractivity contribution in [2.24, 2.45) is 7.05 Å². The molecule has 1 amide bonds. The van der Waals surface area contributed by atoms with Crippen molar-refractivity contribution in [1.82, 2.24) is 18.2 Å². The highest BCUT2D eigenvalue weighted by Gasteiger charge is 2.33. The van der Waals surface area contributed by atoms with Crippen LogP contribution in [0.1, 0.15) is 24.2 Å². The molecule has 10 nitrogen and oxygen atoms in total. The van der Waals surface area contributed by atoms with Crippen LogP contribution < -0.4 is 5.32 Å². The van der Waals surface area contributed by atoms with Crippen LogP contribution in [0.2, 0.25) is 0 Å². The summed E-state index contributed by atoms with van der Waals surface area (Å²) in [4.78, 5) is 15.8. The van der Waals surface area contributed by atoms with Gasteiger partial charge in [-0.3, -0.25) is 4.79 Å². The number of hydrogen-bond acceptors (Lipinski definition) is 6. The average molecular weight is 468 g/mol. The standard InChI is InChI=1S/C19H25N5O5S2/c1-14-20-19(13-22(14)2)31(28,29)24-9-3-8-23(10-11-24)30(26,27)16-5-6-17-15(12-16)4-7-18(25)21-17/h5-6,12-13H,3-4,7-11H2,1-2H3,(H,21,25). The molecule has 0 aliphatic carbocycles. The molecule has 0 unspecified atom stereocenters. The lowest BCUT2D eigenvalue weighted by Gasteiger charge is -2.23. The van der Waals surface area contributed by atoms with Gasteiger partial charge in [-0.25, -0.2) is 21.8 Å². The second-order valence-corrected chi connectivity index (χ2v) is 11.6. The zero-order valence-electron chi connectivity index (χ0n) is 17.4. The van der Waals surface area contributed by atoms with Crippen LogP contribution in [0.25, 0.3) is 0 Å². The summed E-state index contributed by atoms with van der Waals surface area (Å²) in [5, 5.41) is 2.72. The molecule has 1 aromatic heterocycles. The number of amides is 1. The maximum Gasteiger partial charge on any atom is 0.262 e. The van der Waals surface area contributed by atoms with Gasteiger partial charge in [0.25, 0.3) is 10.0 Å². The van der Waals surface area contributed by atoms with E-state index in [1.54, 1.807) is 30.7 Å². The number of nitrogens with zero attached hydrogens (tertiary/aromatic N) is 4. The first-order valence-corrected chi connectivity index (χ1v) is 12.9. The van der Waals surface area contributed by atoms with E-state index in [0.717, 1.165) is 5.56 Å². The SMILES string of the molecule is Cc1nc(S(=O)(=O)N2CCCN(S(=O)(=O)c3ccc4c(c3)CCC(=O)N4)CC2)cn1C. The normalized spacial score (nSPS) is 19.0. The number of imidazole rings is 1. The highest BCUT2D eigenvalue weighted by Crippen LogP contribution is 2.28. The van der Waals surface area contributed by atoms with Crippen LogP contribution in [0.4, 0.5) is 5.69 Å². The van der Waals surface area contributed by atoms with Gasteiger partial charge in [0.05, 0.1) is 4.90 Å². The van der Waals surface area contributed by atoms with Gasteiger partial charge in [-0.15, -0.1) is 0 Å². The Morgan fingerprint density at radius 3 is 2.29 bits per heavy atom. The zero-order valence-corrected chi connectivity index (χ0v) is 19.0. The van der Waals surface area contributed by atoms with Crippen molar-refractivity contribution in [3.8, 4) is 0 Å². The van der Waals surface area contributed by atoms with Gasteiger partial charge >= 0.3 is 0 Å². The van der Waals surface area contributed by atoms with E-state index in [9.17, 15) is 21.6 Å². The lowest BCUT2D eigenvalue weighted by molar-refractivity contribution is -0.116. The Balaban J connectivity index is 1.53. The monoisotopic (exact) mass is 467 g/mol. The van der Waals surface area contributed by atoms with Crippen molar-refractivity contribution >= 4 is 31.6 Å².